The van der Waals surface area contributed by atoms with Crippen molar-refractivity contribution < 1.29 is 13.2 Å². The fourth-order valence-corrected chi connectivity index (χ4v) is 5.22. The maximum atomic E-state index is 12.8. The molecule has 0 radical (unpaired) electrons. The number of sulfonamides is 1. The van der Waals surface area contributed by atoms with Gasteiger partial charge >= 0.3 is 0 Å². The maximum absolute atomic E-state index is 12.8. The molecule has 0 aliphatic carbocycles. The molecule has 3 rings (SSSR count). The number of aromatic nitrogens is 4. The van der Waals surface area contributed by atoms with Crippen LogP contribution in [-0.2, 0) is 21.9 Å². The third kappa shape index (κ3) is 4.37. The molecule has 0 spiro atoms. The molecule has 2 aromatic heterocycles. The fourth-order valence-electron chi connectivity index (χ4n) is 3.71. The van der Waals surface area contributed by atoms with Crippen molar-refractivity contribution in [1.29, 1.82) is 0 Å². The van der Waals surface area contributed by atoms with Crippen molar-refractivity contribution in [2.24, 2.45) is 13.0 Å². The molecule has 0 saturated carbocycles. The van der Waals surface area contributed by atoms with Gasteiger partial charge in [0.25, 0.3) is 0 Å². The molecular formula is C19H30N6O3S. The highest BCUT2D eigenvalue weighted by molar-refractivity contribution is 7.89. The minimum Gasteiger partial charge on any atom is -0.354 e. The van der Waals surface area contributed by atoms with Gasteiger partial charge in [0.05, 0.1) is 23.9 Å². The molecule has 0 aromatic carbocycles. The van der Waals surface area contributed by atoms with E-state index in [-0.39, 0.29) is 29.3 Å². The highest BCUT2D eigenvalue weighted by Gasteiger charge is 2.34. The molecule has 160 valence electrons. The number of nitrogens with zero attached hydrogens (tertiary/aromatic N) is 5. The van der Waals surface area contributed by atoms with Gasteiger partial charge in [0.2, 0.25) is 15.9 Å². The zero-order valence-electron chi connectivity index (χ0n) is 17.7. The summed E-state index contributed by atoms with van der Waals surface area (Å²) in [6.45, 7) is 9.11. The van der Waals surface area contributed by atoms with E-state index in [1.807, 2.05) is 32.4 Å². The fraction of sp³-hybridized carbons (Fsp3) is 0.632. The van der Waals surface area contributed by atoms with Crippen molar-refractivity contribution in [1.82, 2.24) is 29.2 Å². The van der Waals surface area contributed by atoms with Crippen molar-refractivity contribution >= 4 is 15.9 Å². The zero-order valence-corrected chi connectivity index (χ0v) is 18.5. The van der Waals surface area contributed by atoms with Crippen molar-refractivity contribution in [2.45, 2.75) is 51.5 Å². The Labute approximate surface area is 172 Å². The summed E-state index contributed by atoms with van der Waals surface area (Å²) in [7, 11) is -1.96. The summed E-state index contributed by atoms with van der Waals surface area (Å²) >= 11 is 0. The van der Waals surface area contributed by atoms with E-state index < -0.39 is 10.0 Å². The number of nitrogens with one attached hydrogen (secondary N) is 1. The molecule has 1 N–H and O–H groups in total. The van der Waals surface area contributed by atoms with Crippen molar-refractivity contribution in [3.63, 3.8) is 0 Å². The topological polar surface area (TPSA) is 102 Å². The summed E-state index contributed by atoms with van der Waals surface area (Å²) in [5, 5.41) is 11.5. The summed E-state index contributed by atoms with van der Waals surface area (Å²) in [5.74, 6) is -0.467. The van der Waals surface area contributed by atoms with E-state index in [0.717, 1.165) is 17.0 Å². The third-order valence-corrected chi connectivity index (χ3v) is 7.57. The predicted molar refractivity (Wildman–Crippen MR) is 109 cm³/mol. The lowest BCUT2D eigenvalue weighted by atomic mass is 9.99. The van der Waals surface area contributed by atoms with Crippen LogP contribution in [-0.4, -0.2) is 57.8 Å². The second-order valence-electron chi connectivity index (χ2n) is 7.89. The Kier molecular flexibility index (Phi) is 6.13. The second kappa shape index (κ2) is 8.27. The minimum atomic E-state index is -3.63. The van der Waals surface area contributed by atoms with Gasteiger partial charge in [-0.1, -0.05) is 0 Å². The Morgan fingerprint density at radius 1 is 1.34 bits per heavy atom. The molecule has 1 aliphatic rings. The molecule has 0 unspecified atom stereocenters. The number of hydrogen-bond donors (Lipinski definition) is 1. The molecule has 2 atom stereocenters. The summed E-state index contributed by atoms with van der Waals surface area (Å²) in [5.41, 5.74) is 3.24. The largest absolute Gasteiger partial charge is 0.354 e. The van der Waals surface area contributed by atoms with Crippen LogP contribution in [0.1, 0.15) is 42.8 Å². The first-order chi connectivity index (χ1) is 13.6. The van der Waals surface area contributed by atoms with E-state index in [9.17, 15) is 13.2 Å². The molecule has 1 amide bonds. The minimum absolute atomic E-state index is 0.0187. The van der Waals surface area contributed by atoms with Crippen LogP contribution in [0, 0.1) is 26.7 Å². The number of carbonyl (C=O) groups is 1. The normalized spacial score (nSPS) is 19.3. The highest BCUT2D eigenvalue weighted by Crippen LogP contribution is 2.24. The number of piperidine rings is 1. The second-order valence-corrected chi connectivity index (χ2v) is 9.82. The first kappa shape index (κ1) is 21.5. The van der Waals surface area contributed by atoms with Crippen molar-refractivity contribution in [2.75, 3.05) is 19.6 Å². The molecule has 0 bridgehead atoms. The van der Waals surface area contributed by atoms with Crippen molar-refractivity contribution in [3.8, 4) is 0 Å². The van der Waals surface area contributed by atoms with E-state index in [1.54, 1.807) is 7.05 Å². The summed E-state index contributed by atoms with van der Waals surface area (Å²) in [4.78, 5) is 12.9. The summed E-state index contributed by atoms with van der Waals surface area (Å²) in [6.07, 6.45) is 4.16. The average molecular weight is 423 g/mol. The van der Waals surface area contributed by atoms with Gasteiger partial charge in [0.15, 0.2) is 0 Å². The first-order valence-electron chi connectivity index (χ1n) is 9.90. The monoisotopic (exact) mass is 422 g/mol. The van der Waals surface area contributed by atoms with E-state index in [2.05, 4.69) is 15.5 Å². The van der Waals surface area contributed by atoms with Gasteiger partial charge in [-0.25, -0.2) is 8.42 Å². The Balaban J connectivity index is 1.61. The predicted octanol–water partition coefficient (Wildman–Crippen LogP) is 1.32. The summed E-state index contributed by atoms with van der Waals surface area (Å²) in [6, 6.07) is 0.0187. The summed E-state index contributed by atoms with van der Waals surface area (Å²) < 4.78 is 30.4. The Morgan fingerprint density at radius 2 is 2.07 bits per heavy atom. The number of rotatable bonds is 6. The number of amides is 1. The van der Waals surface area contributed by atoms with E-state index in [0.29, 0.717) is 25.9 Å². The van der Waals surface area contributed by atoms with Crippen LogP contribution in [0.4, 0.5) is 0 Å². The lowest BCUT2D eigenvalue weighted by molar-refractivity contribution is -0.126. The van der Waals surface area contributed by atoms with Gasteiger partial charge in [-0.3, -0.25) is 14.2 Å². The molecule has 1 aliphatic heterocycles. The molecule has 3 heterocycles. The number of aryl methyl sites for hydroxylation is 2. The lowest BCUT2D eigenvalue weighted by Crippen LogP contribution is -2.46. The molecule has 1 saturated heterocycles. The quantitative estimate of drug-likeness (QED) is 0.756. The van der Waals surface area contributed by atoms with E-state index in [4.69, 9.17) is 0 Å². The zero-order chi connectivity index (χ0) is 21.3. The Morgan fingerprint density at radius 3 is 2.66 bits per heavy atom. The number of carbonyl (C=O) groups excluding carboxylic acids is 1. The lowest BCUT2D eigenvalue weighted by Gasteiger charge is -2.31. The van der Waals surface area contributed by atoms with Crippen LogP contribution in [0.25, 0.3) is 0 Å². The van der Waals surface area contributed by atoms with E-state index >= 15 is 0 Å². The average Bonchev–Trinajstić information content (AvgIpc) is 3.25. The van der Waals surface area contributed by atoms with Crippen LogP contribution < -0.4 is 5.32 Å². The smallest absolute Gasteiger partial charge is 0.246 e. The van der Waals surface area contributed by atoms with Crippen LogP contribution >= 0.6 is 0 Å². The van der Waals surface area contributed by atoms with Crippen LogP contribution in [0.2, 0.25) is 0 Å². The standard InChI is InChI=1S/C19H30N6O3S/c1-13(25-16(4)14(2)15(3)22-25)9-20-19(26)17-7-6-8-24(11-17)29(27,28)18-10-21-23(5)12-18/h10,12-13,17H,6-9,11H2,1-5H3,(H,20,26)/t13-,17-/m0/s1. The Bertz CT molecular complexity index is 994. The van der Waals surface area contributed by atoms with Gasteiger partial charge in [-0.15, -0.1) is 0 Å². The molecule has 10 heteroatoms. The number of hydrogen-bond acceptors (Lipinski definition) is 5. The molecule has 2 aromatic rings. The van der Waals surface area contributed by atoms with Gasteiger partial charge in [-0.2, -0.15) is 14.5 Å². The van der Waals surface area contributed by atoms with Crippen LogP contribution in [0.5, 0.6) is 0 Å². The van der Waals surface area contributed by atoms with Crippen LogP contribution in [0.15, 0.2) is 17.3 Å². The van der Waals surface area contributed by atoms with Crippen molar-refractivity contribution in [3.05, 3.63) is 29.3 Å². The van der Waals surface area contributed by atoms with Gasteiger partial charge in [0, 0.05) is 38.6 Å². The first-order valence-corrected chi connectivity index (χ1v) is 11.3. The third-order valence-electron chi connectivity index (χ3n) is 5.75. The van der Waals surface area contributed by atoms with Gasteiger partial charge < -0.3 is 5.32 Å². The Hall–Kier alpha value is -2.20. The molecule has 1 fully saturated rings. The SMILES string of the molecule is Cc1nn([C@@H](C)CNC(=O)[C@H]2CCCN(S(=O)(=O)c3cnn(C)c3)C2)c(C)c1C. The van der Waals surface area contributed by atoms with Gasteiger partial charge in [-0.05, 0) is 46.1 Å². The van der Waals surface area contributed by atoms with Gasteiger partial charge in [0.1, 0.15) is 4.90 Å². The van der Waals surface area contributed by atoms with E-state index in [1.165, 1.54) is 21.4 Å². The highest BCUT2D eigenvalue weighted by atomic mass is 32.2. The molecule has 9 nitrogen and oxygen atoms in total. The maximum Gasteiger partial charge on any atom is 0.246 e. The molecule has 29 heavy (non-hydrogen) atoms. The molecular weight excluding hydrogens is 392 g/mol. The van der Waals surface area contributed by atoms with Crippen LogP contribution in [0.3, 0.4) is 0 Å².